The monoisotopic (exact) mass is 272 g/mol. The van der Waals surface area contributed by atoms with Gasteiger partial charge in [-0.2, -0.15) is 0 Å². The lowest BCUT2D eigenvalue weighted by atomic mass is 9.90. The predicted octanol–water partition coefficient (Wildman–Crippen LogP) is 3.16. The fraction of sp³-hybridized carbons (Fsp3) is 0.588. The second-order valence-corrected chi connectivity index (χ2v) is 6.52. The lowest BCUT2D eigenvalue weighted by molar-refractivity contribution is 0.0622. The summed E-state index contributed by atoms with van der Waals surface area (Å²) in [5.74, 6) is 1.45. The highest BCUT2D eigenvalue weighted by molar-refractivity contribution is 5.97. The smallest absolute Gasteiger partial charge is 0.254 e. The zero-order valence-corrected chi connectivity index (χ0v) is 12.5. The molecule has 1 N–H and O–H groups in total. The fourth-order valence-corrected chi connectivity index (χ4v) is 3.71. The van der Waals surface area contributed by atoms with E-state index < -0.39 is 0 Å². The lowest BCUT2D eigenvalue weighted by Crippen LogP contribution is -2.43. The summed E-state index contributed by atoms with van der Waals surface area (Å²) in [6.45, 7) is 7.32. The maximum atomic E-state index is 12.9. The maximum Gasteiger partial charge on any atom is 0.254 e. The Hall–Kier alpha value is -1.51. The van der Waals surface area contributed by atoms with E-state index >= 15 is 0 Å². The third-order valence-corrected chi connectivity index (χ3v) is 4.48. The summed E-state index contributed by atoms with van der Waals surface area (Å²) in [6.07, 6.45) is 3.37. The van der Waals surface area contributed by atoms with Gasteiger partial charge in [0.05, 0.1) is 0 Å². The molecule has 3 rings (SSSR count). The van der Waals surface area contributed by atoms with Gasteiger partial charge < -0.3 is 10.2 Å². The summed E-state index contributed by atoms with van der Waals surface area (Å²) in [7, 11) is 0. The minimum atomic E-state index is 0.226. The van der Waals surface area contributed by atoms with Crippen molar-refractivity contribution in [3.63, 3.8) is 0 Å². The largest absolute Gasteiger partial charge is 0.385 e. The number of amides is 1. The Kier molecular flexibility index (Phi) is 3.68. The van der Waals surface area contributed by atoms with E-state index in [4.69, 9.17) is 0 Å². The Bertz CT molecular complexity index is 502. The molecule has 2 unspecified atom stereocenters. The SMILES string of the molecule is CC1CC(C)CN(C(=O)c2cccc3c2CCCN3)C1. The first-order valence-corrected chi connectivity index (χ1v) is 7.80. The average molecular weight is 272 g/mol. The Morgan fingerprint density at radius 2 is 2.00 bits per heavy atom. The summed E-state index contributed by atoms with van der Waals surface area (Å²) in [5.41, 5.74) is 3.28. The highest BCUT2D eigenvalue weighted by Crippen LogP contribution is 2.28. The van der Waals surface area contributed by atoms with Crippen molar-refractivity contribution in [2.45, 2.75) is 33.1 Å². The van der Waals surface area contributed by atoms with Crippen molar-refractivity contribution in [1.29, 1.82) is 0 Å². The van der Waals surface area contributed by atoms with Gasteiger partial charge in [-0.1, -0.05) is 19.9 Å². The number of likely N-dealkylation sites (tertiary alicyclic amines) is 1. The molecule has 0 bridgehead atoms. The molecule has 1 aromatic rings. The highest BCUT2D eigenvalue weighted by atomic mass is 16.2. The van der Waals surface area contributed by atoms with E-state index in [0.717, 1.165) is 43.7 Å². The number of nitrogens with zero attached hydrogens (tertiary/aromatic N) is 1. The van der Waals surface area contributed by atoms with Gasteiger partial charge in [-0.25, -0.2) is 0 Å². The van der Waals surface area contributed by atoms with Crippen molar-refractivity contribution in [1.82, 2.24) is 4.90 Å². The Balaban J connectivity index is 1.87. The molecule has 0 spiro atoms. The van der Waals surface area contributed by atoms with E-state index in [9.17, 15) is 4.79 Å². The first-order valence-electron chi connectivity index (χ1n) is 7.80. The van der Waals surface area contributed by atoms with E-state index in [2.05, 4.69) is 30.1 Å². The molecule has 0 aromatic heterocycles. The van der Waals surface area contributed by atoms with Crippen LogP contribution in [0, 0.1) is 11.8 Å². The maximum absolute atomic E-state index is 12.9. The van der Waals surface area contributed by atoms with E-state index in [0.29, 0.717) is 11.8 Å². The topological polar surface area (TPSA) is 32.3 Å². The zero-order chi connectivity index (χ0) is 14.1. The van der Waals surface area contributed by atoms with Crippen LogP contribution in [0.3, 0.4) is 0 Å². The van der Waals surface area contributed by atoms with Gasteiger partial charge in [-0.15, -0.1) is 0 Å². The zero-order valence-electron chi connectivity index (χ0n) is 12.5. The van der Waals surface area contributed by atoms with Crippen LogP contribution in [-0.4, -0.2) is 30.4 Å². The second kappa shape index (κ2) is 5.47. The van der Waals surface area contributed by atoms with E-state index in [-0.39, 0.29) is 5.91 Å². The summed E-state index contributed by atoms with van der Waals surface area (Å²) in [4.78, 5) is 14.9. The number of rotatable bonds is 1. The molecule has 2 aliphatic rings. The number of hydrogen-bond acceptors (Lipinski definition) is 2. The first-order chi connectivity index (χ1) is 9.65. The van der Waals surface area contributed by atoms with E-state index in [1.807, 2.05) is 12.1 Å². The Morgan fingerprint density at radius 1 is 1.25 bits per heavy atom. The lowest BCUT2D eigenvalue weighted by Gasteiger charge is -2.35. The van der Waals surface area contributed by atoms with Crippen molar-refractivity contribution in [2.24, 2.45) is 11.8 Å². The number of piperidine rings is 1. The number of fused-ring (bicyclic) bond motifs is 1. The minimum Gasteiger partial charge on any atom is -0.385 e. The van der Waals surface area contributed by atoms with Crippen molar-refractivity contribution >= 4 is 11.6 Å². The van der Waals surface area contributed by atoms with Crippen LogP contribution in [0.5, 0.6) is 0 Å². The van der Waals surface area contributed by atoms with Crippen molar-refractivity contribution in [3.8, 4) is 0 Å². The van der Waals surface area contributed by atoms with Crippen LogP contribution in [0.4, 0.5) is 5.69 Å². The molecule has 2 heterocycles. The molecular formula is C17H24N2O. The molecule has 108 valence electrons. The van der Waals surface area contributed by atoms with Gasteiger partial charge in [-0.3, -0.25) is 4.79 Å². The van der Waals surface area contributed by atoms with Crippen LogP contribution in [-0.2, 0) is 6.42 Å². The van der Waals surface area contributed by atoms with Gasteiger partial charge in [-0.05, 0) is 48.8 Å². The molecule has 20 heavy (non-hydrogen) atoms. The molecule has 0 saturated carbocycles. The van der Waals surface area contributed by atoms with E-state index in [1.54, 1.807) is 0 Å². The summed E-state index contributed by atoms with van der Waals surface area (Å²) in [5, 5.41) is 3.41. The van der Waals surface area contributed by atoms with Gasteiger partial charge in [0.2, 0.25) is 0 Å². The quantitative estimate of drug-likeness (QED) is 0.851. The van der Waals surface area contributed by atoms with Crippen LogP contribution in [0.2, 0.25) is 0 Å². The van der Waals surface area contributed by atoms with E-state index in [1.165, 1.54) is 12.0 Å². The van der Waals surface area contributed by atoms with Crippen molar-refractivity contribution in [2.75, 3.05) is 25.0 Å². The van der Waals surface area contributed by atoms with Gasteiger partial charge in [0, 0.05) is 30.9 Å². The van der Waals surface area contributed by atoms with Crippen LogP contribution in [0.15, 0.2) is 18.2 Å². The average Bonchev–Trinajstić information content (AvgIpc) is 2.45. The Morgan fingerprint density at radius 3 is 2.75 bits per heavy atom. The van der Waals surface area contributed by atoms with Crippen molar-refractivity contribution < 1.29 is 4.79 Å². The molecule has 1 fully saturated rings. The number of nitrogens with one attached hydrogen (secondary N) is 1. The summed E-state index contributed by atoms with van der Waals surface area (Å²) < 4.78 is 0. The molecule has 3 heteroatoms. The van der Waals surface area contributed by atoms with Crippen molar-refractivity contribution in [3.05, 3.63) is 29.3 Å². The Labute approximate surface area is 121 Å². The number of carbonyl (C=O) groups excluding carboxylic acids is 1. The standard InChI is InChI=1S/C17H24N2O/c1-12-9-13(2)11-19(10-12)17(20)15-5-3-7-16-14(15)6-4-8-18-16/h3,5,7,12-13,18H,4,6,8-11H2,1-2H3. The second-order valence-electron chi connectivity index (χ2n) is 6.52. The summed E-state index contributed by atoms with van der Waals surface area (Å²) >= 11 is 0. The highest BCUT2D eigenvalue weighted by Gasteiger charge is 2.28. The predicted molar refractivity (Wildman–Crippen MR) is 82.1 cm³/mol. The molecule has 1 aromatic carbocycles. The van der Waals surface area contributed by atoms with Crippen LogP contribution in [0.25, 0.3) is 0 Å². The van der Waals surface area contributed by atoms with Crippen LogP contribution in [0.1, 0.15) is 42.6 Å². The molecule has 0 aliphatic carbocycles. The summed E-state index contributed by atoms with van der Waals surface area (Å²) in [6, 6.07) is 6.09. The van der Waals surface area contributed by atoms with Gasteiger partial charge >= 0.3 is 0 Å². The van der Waals surface area contributed by atoms with Gasteiger partial charge in [0.1, 0.15) is 0 Å². The third-order valence-electron chi connectivity index (χ3n) is 4.48. The first kappa shape index (κ1) is 13.5. The molecule has 1 saturated heterocycles. The number of hydrogen-bond donors (Lipinski definition) is 1. The minimum absolute atomic E-state index is 0.226. The number of benzene rings is 1. The number of anilines is 1. The fourth-order valence-electron chi connectivity index (χ4n) is 3.71. The molecule has 0 radical (unpaired) electrons. The molecule has 1 amide bonds. The molecule has 2 aliphatic heterocycles. The molecular weight excluding hydrogens is 248 g/mol. The molecule has 3 nitrogen and oxygen atoms in total. The number of carbonyl (C=O) groups is 1. The van der Waals surface area contributed by atoms with Gasteiger partial charge in [0.15, 0.2) is 0 Å². The van der Waals surface area contributed by atoms with Crippen LogP contribution < -0.4 is 5.32 Å². The molecule has 2 atom stereocenters. The van der Waals surface area contributed by atoms with Crippen LogP contribution >= 0.6 is 0 Å². The normalized spacial score (nSPS) is 25.8. The van der Waals surface area contributed by atoms with Gasteiger partial charge in [0.25, 0.3) is 5.91 Å². The third kappa shape index (κ3) is 2.54.